The average Bonchev–Trinajstić information content (AvgIpc) is 3.52. The van der Waals surface area contributed by atoms with Gasteiger partial charge in [-0.05, 0) is 61.2 Å². The third kappa shape index (κ3) is 4.46. The Morgan fingerprint density at radius 1 is 0.919 bits per heavy atom. The lowest BCUT2D eigenvalue weighted by Gasteiger charge is -2.29. The summed E-state index contributed by atoms with van der Waals surface area (Å²) in [6, 6.07) is 16.9. The molecule has 1 fully saturated rings. The highest BCUT2D eigenvalue weighted by molar-refractivity contribution is 6.01. The molecule has 1 saturated heterocycles. The van der Waals surface area contributed by atoms with E-state index in [0.717, 1.165) is 52.0 Å². The van der Waals surface area contributed by atoms with Gasteiger partial charge in [0, 0.05) is 52.2 Å². The summed E-state index contributed by atoms with van der Waals surface area (Å²) in [6.45, 7) is 7.91. The number of rotatable bonds is 4. The summed E-state index contributed by atoms with van der Waals surface area (Å²) in [5.41, 5.74) is 7.43. The van der Waals surface area contributed by atoms with Gasteiger partial charge < -0.3 is 15.2 Å². The summed E-state index contributed by atoms with van der Waals surface area (Å²) < 4.78 is 0. The predicted molar refractivity (Wildman–Crippen MR) is 151 cm³/mol. The van der Waals surface area contributed by atoms with E-state index in [1.807, 2.05) is 39.1 Å². The Balaban J connectivity index is 1.37. The molecule has 1 aliphatic rings. The molecule has 0 bridgehead atoms. The van der Waals surface area contributed by atoms with E-state index in [2.05, 4.69) is 66.8 Å². The van der Waals surface area contributed by atoms with Crippen molar-refractivity contribution in [3.63, 3.8) is 0 Å². The van der Waals surface area contributed by atoms with Crippen molar-refractivity contribution in [2.24, 2.45) is 5.41 Å². The fourth-order valence-corrected chi connectivity index (χ4v) is 5.06. The van der Waals surface area contributed by atoms with Gasteiger partial charge in [0.05, 0.1) is 23.1 Å². The molecular formula is C30H32N6O. The highest BCUT2D eigenvalue weighted by atomic mass is 16.2. The summed E-state index contributed by atoms with van der Waals surface area (Å²) in [4.78, 5) is 23.0. The highest BCUT2D eigenvalue weighted by Crippen LogP contribution is 2.35. The van der Waals surface area contributed by atoms with E-state index < -0.39 is 5.41 Å². The summed E-state index contributed by atoms with van der Waals surface area (Å²) in [6.07, 6.45) is 7.31. The maximum atomic E-state index is 12.5. The van der Waals surface area contributed by atoms with Gasteiger partial charge in [0.2, 0.25) is 5.91 Å². The number of H-pyrrole nitrogens is 2. The second-order valence-corrected chi connectivity index (χ2v) is 11.0. The quantitative estimate of drug-likeness (QED) is 0.259. The Morgan fingerprint density at radius 3 is 2.57 bits per heavy atom. The maximum Gasteiger partial charge on any atom is 0.229 e. The molecule has 0 radical (unpaired) electrons. The molecule has 1 amide bonds. The number of aromatic amines is 2. The number of amides is 1. The normalized spacial score (nSPS) is 14.4. The number of anilines is 2. The number of nitrogens with zero attached hydrogens (tertiary/aromatic N) is 3. The Hall–Kier alpha value is -4.13. The second-order valence-electron chi connectivity index (χ2n) is 11.0. The SMILES string of the molecule is CC(C)(C)C(=O)Nc1cncc(-c2ccc3[nH]nc(-c4cc5c(N6CCCCC6)cccc5[nH]4)c3c2)c1. The summed E-state index contributed by atoms with van der Waals surface area (Å²) in [5.74, 6) is -0.0400. The van der Waals surface area contributed by atoms with Gasteiger partial charge >= 0.3 is 0 Å². The topological polar surface area (TPSA) is 89.7 Å². The fraction of sp³-hybridized carbons (Fsp3) is 0.300. The summed E-state index contributed by atoms with van der Waals surface area (Å²) in [5, 5.41) is 13.1. The van der Waals surface area contributed by atoms with Crippen molar-refractivity contribution in [3.8, 4) is 22.5 Å². The van der Waals surface area contributed by atoms with Gasteiger partial charge in [-0.2, -0.15) is 5.10 Å². The van der Waals surface area contributed by atoms with Crippen molar-refractivity contribution in [1.29, 1.82) is 0 Å². The third-order valence-corrected chi connectivity index (χ3v) is 7.17. The van der Waals surface area contributed by atoms with Crippen molar-refractivity contribution in [2.45, 2.75) is 40.0 Å². The first-order valence-corrected chi connectivity index (χ1v) is 13.0. The average molecular weight is 493 g/mol. The van der Waals surface area contributed by atoms with Crippen molar-refractivity contribution in [2.75, 3.05) is 23.3 Å². The molecule has 4 heterocycles. The maximum absolute atomic E-state index is 12.5. The number of fused-ring (bicyclic) bond motifs is 2. The Kier molecular flexibility index (Phi) is 5.71. The van der Waals surface area contributed by atoms with Gasteiger partial charge in [-0.25, -0.2) is 0 Å². The lowest BCUT2D eigenvalue weighted by molar-refractivity contribution is -0.123. The third-order valence-electron chi connectivity index (χ3n) is 7.17. The zero-order valence-electron chi connectivity index (χ0n) is 21.6. The van der Waals surface area contributed by atoms with Crippen molar-refractivity contribution in [3.05, 3.63) is 60.9 Å². The van der Waals surface area contributed by atoms with E-state index in [-0.39, 0.29) is 5.91 Å². The van der Waals surface area contributed by atoms with Crippen LogP contribution in [0.1, 0.15) is 40.0 Å². The number of piperidine rings is 1. The van der Waals surface area contributed by atoms with E-state index in [1.54, 1.807) is 6.20 Å². The van der Waals surface area contributed by atoms with Crippen LogP contribution in [0.4, 0.5) is 11.4 Å². The fourth-order valence-electron chi connectivity index (χ4n) is 5.06. The van der Waals surface area contributed by atoms with Crippen LogP contribution in [0.5, 0.6) is 0 Å². The van der Waals surface area contributed by atoms with Crippen LogP contribution >= 0.6 is 0 Å². The zero-order valence-corrected chi connectivity index (χ0v) is 21.6. The van der Waals surface area contributed by atoms with Crippen LogP contribution in [0.3, 0.4) is 0 Å². The lowest BCUT2D eigenvalue weighted by atomic mass is 9.95. The molecule has 3 N–H and O–H groups in total. The van der Waals surface area contributed by atoms with Gasteiger partial charge in [-0.3, -0.25) is 14.9 Å². The molecule has 6 rings (SSSR count). The lowest BCUT2D eigenvalue weighted by Crippen LogP contribution is -2.29. The first kappa shape index (κ1) is 23.3. The number of hydrogen-bond acceptors (Lipinski definition) is 4. The van der Waals surface area contributed by atoms with Crippen LogP contribution in [0.25, 0.3) is 44.3 Å². The van der Waals surface area contributed by atoms with Crippen LogP contribution in [-0.4, -0.2) is 39.2 Å². The number of hydrogen-bond donors (Lipinski definition) is 3. The van der Waals surface area contributed by atoms with Crippen LogP contribution in [-0.2, 0) is 4.79 Å². The number of carbonyl (C=O) groups excluding carboxylic acids is 1. The van der Waals surface area contributed by atoms with E-state index in [4.69, 9.17) is 0 Å². The zero-order chi connectivity index (χ0) is 25.6. The molecule has 5 aromatic rings. The van der Waals surface area contributed by atoms with Gasteiger partial charge in [0.15, 0.2) is 0 Å². The Labute approximate surface area is 216 Å². The molecule has 37 heavy (non-hydrogen) atoms. The van der Waals surface area contributed by atoms with E-state index in [1.165, 1.54) is 30.3 Å². The Bertz CT molecular complexity index is 1600. The van der Waals surface area contributed by atoms with E-state index >= 15 is 0 Å². The standard InChI is InChI=1S/C30H32N6O/c1-30(2,3)29(37)32-21-14-20(17-31-18-21)19-10-11-25-23(15-19)28(35-34-25)26-16-22-24(33-26)8-7-9-27(22)36-12-5-4-6-13-36/h7-11,14-18,33H,4-6,12-13H2,1-3H3,(H,32,37)(H,34,35). The van der Waals surface area contributed by atoms with Gasteiger partial charge in [0.25, 0.3) is 0 Å². The van der Waals surface area contributed by atoms with Gasteiger partial charge in [-0.15, -0.1) is 0 Å². The molecule has 2 aromatic carbocycles. The minimum Gasteiger partial charge on any atom is -0.371 e. The molecule has 0 saturated carbocycles. The molecule has 0 unspecified atom stereocenters. The molecule has 7 heteroatoms. The van der Waals surface area contributed by atoms with Gasteiger partial charge in [-0.1, -0.05) is 32.9 Å². The van der Waals surface area contributed by atoms with Crippen LogP contribution in [0.2, 0.25) is 0 Å². The minimum absolute atomic E-state index is 0.0400. The van der Waals surface area contributed by atoms with Crippen LogP contribution in [0, 0.1) is 5.41 Å². The number of carbonyl (C=O) groups is 1. The number of pyridine rings is 1. The molecule has 0 aliphatic carbocycles. The first-order chi connectivity index (χ1) is 17.9. The summed E-state index contributed by atoms with van der Waals surface area (Å²) in [7, 11) is 0. The smallest absolute Gasteiger partial charge is 0.229 e. The van der Waals surface area contributed by atoms with Crippen molar-refractivity contribution < 1.29 is 4.79 Å². The van der Waals surface area contributed by atoms with E-state index in [9.17, 15) is 4.79 Å². The molecule has 3 aromatic heterocycles. The summed E-state index contributed by atoms with van der Waals surface area (Å²) >= 11 is 0. The molecule has 0 spiro atoms. The van der Waals surface area contributed by atoms with Crippen molar-refractivity contribution in [1.82, 2.24) is 20.2 Å². The molecule has 7 nitrogen and oxygen atoms in total. The van der Waals surface area contributed by atoms with Crippen LogP contribution < -0.4 is 10.2 Å². The molecule has 0 atom stereocenters. The Morgan fingerprint density at radius 2 is 1.76 bits per heavy atom. The van der Waals surface area contributed by atoms with Crippen molar-refractivity contribution >= 4 is 39.1 Å². The van der Waals surface area contributed by atoms with Crippen LogP contribution in [0.15, 0.2) is 60.9 Å². The molecule has 1 aliphatic heterocycles. The van der Waals surface area contributed by atoms with Gasteiger partial charge in [0.1, 0.15) is 5.69 Å². The largest absolute Gasteiger partial charge is 0.371 e. The minimum atomic E-state index is -0.478. The predicted octanol–water partition coefficient (Wildman–Crippen LogP) is 6.75. The molecular weight excluding hydrogens is 460 g/mol. The monoisotopic (exact) mass is 492 g/mol. The first-order valence-electron chi connectivity index (χ1n) is 13.0. The number of benzene rings is 2. The van der Waals surface area contributed by atoms with E-state index in [0.29, 0.717) is 5.69 Å². The number of nitrogens with one attached hydrogen (secondary N) is 3. The number of aromatic nitrogens is 4. The second kappa shape index (κ2) is 9.07. The highest BCUT2D eigenvalue weighted by Gasteiger charge is 2.21. The molecule has 188 valence electrons.